The van der Waals surface area contributed by atoms with Gasteiger partial charge in [-0.1, -0.05) is 18.2 Å². The molecule has 190 valence electrons. The molecule has 2 heterocycles. The molecule has 0 bridgehead atoms. The maximum atomic E-state index is 12.7. The third kappa shape index (κ3) is 5.62. The monoisotopic (exact) mass is 528 g/mol. The van der Waals surface area contributed by atoms with Crippen molar-refractivity contribution in [1.82, 2.24) is 14.8 Å². The third-order valence-electron chi connectivity index (χ3n) is 5.83. The first-order valence-corrected chi connectivity index (χ1v) is 13.8. The molecule has 9 nitrogen and oxygen atoms in total. The number of amides is 1. The van der Waals surface area contributed by atoms with Crippen molar-refractivity contribution in [2.45, 2.75) is 51.1 Å². The highest BCUT2D eigenvalue weighted by molar-refractivity contribution is 7.98. The van der Waals surface area contributed by atoms with E-state index in [-0.39, 0.29) is 6.61 Å². The summed E-state index contributed by atoms with van der Waals surface area (Å²) < 4.78 is 12.4. The zero-order valence-corrected chi connectivity index (χ0v) is 22.1. The van der Waals surface area contributed by atoms with Crippen LogP contribution in [0.2, 0.25) is 0 Å². The van der Waals surface area contributed by atoms with Gasteiger partial charge in [-0.15, -0.1) is 21.5 Å². The average Bonchev–Trinajstić information content (AvgIpc) is 3.33. The minimum atomic E-state index is -0.616. The van der Waals surface area contributed by atoms with Crippen LogP contribution in [0.25, 0.3) is 5.69 Å². The smallest absolute Gasteiger partial charge is 0.341 e. The summed E-state index contributed by atoms with van der Waals surface area (Å²) in [4.78, 5) is 38.9. The Bertz CT molecular complexity index is 1270. The number of benzene rings is 1. The summed E-state index contributed by atoms with van der Waals surface area (Å²) in [5, 5.41) is 12.2. The first kappa shape index (κ1) is 25.9. The van der Waals surface area contributed by atoms with E-state index in [9.17, 15) is 14.4 Å². The van der Waals surface area contributed by atoms with Crippen molar-refractivity contribution in [3.8, 4) is 5.69 Å². The lowest BCUT2D eigenvalue weighted by molar-refractivity contribution is -0.119. The lowest BCUT2D eigenvalue weighted by Crippen LogP contribution is -2.22. The van der Waals surface area contributed by atoms with E-state index in [0.29, 0.717) is 16.1 Å². The second-order valence-corrected chi connectivity index (χ2v) is 10.1. The molecule has 1 aromatic carbocycles. The van der Waals surface area contributed by atoms with Gasteiger partial charge in [0.2, 0.25) is 0 Å². The summed E-state index contributed by atoms with van der Waals surface area (Å²) in [5.41, 5.74) is 2.54. The number of thioether (sulfide) groups is 1. The number of aromatic nitrogens is 3. The topological polar surface area (TPSA) is 112 Å². The molecule has 0 saturated carbocycles. The van der Waals surface area contributed by atoms with Crippen LogP contribution in [0.3, 0.4) is 0 Å². The molecule has 2 aromatic heterocycles. The van der Waals surface area contributed by atoms with E-state index < -0.39 is 24.5 Å². The highest BCUT2D eigenvalue weighted by Gasteiger charge is 2.27. The number of esters is 2. The van der Waals surface area contributed by atoms with Crippen LogP contribution in [0.1, 0.15) is 63.2 Å². The molecule has 1 aliphatic rings. The van der Waals surface area contributed by atoms with E-state index >= 15 is 0 Å². The molecule has 1 aliphatic carbocycles. The van der Waals surface area contributed by atoms with Crippen LogP contribution in [-0.2, 0) is 27.1 Å². The molecular formula is C25H28N4O5S2. The van der Waals surface area contributed by atoms with Gasteiger partial charge in [0.25, 0.3) is 5.91 Å². The quantitative estimate of drug-likeness (QED) is 0.256. The number of hydrogen-bond acceptors (Lipinski definition) is 9. The molecule has 4 rings (SSSR count). The second-order valence-electron chi connectivity index (χ2n) is 8.23. The number of rotatable bonds is 8. The SMILES string of the molecule is CCOC(=O)c1c(NC(=O)COC(=O)c2ccc(-n3c(C)nnc3SC)cc2)sc2c1CCCCC2. The van der Waals surface area contributed by atoms with Crippen molar-refractivity contribution < 1.29 is 23.9 Å². The number of fused-ring (bicyclic) bond motifs is 1. The van der Waals surface area contributed by atoms with Crippen molar-refractivity contribution in [2.75, 3.05) is 24.8 Å². The van der Waals surface area contributed by atoms with Crippen molar-refractivity contribution in [3.05, 3.63) is 51.7 Å². The minimum Gasteiger partial charge on any atom is -0.462 e. The Morgan fingerprint density at radius 1 is 1.06 bits per heavy atom. The lowest BCUT2D eigenvalue weighted by Gasteiger charge is -2.10. The van der Waals surface area contributed by atoms with E-state index in [2.05, 4.69) is 15.5 Å². The van der Waals surface area contributed by atoms with Crippen LogP contribution in [0.4, 0.5) is 5.00 Å². The van der Waals surface area contributed by atoms with E-state index in [4.69, 9.17) is 9.47 Å². The van der Waals surface area contributed by atoms with Gasteiger partial charge in [-0.05, 0) is 75.6 Å². The summed E-state index contributed by atoms with van der Waals surface area (Å²) in [6.45, 7) is 3.39. The molecule has 0 radical (unpaired) electrons. The fourth-order valence-electron chi connectivity index (χ4n) is 4.15. The van der Waals surface area contributed by atoms with Gasteiger partial charge in [0, 0.05) is 10.6 Å². The second kappa shape index (κ2) is 11.7. The molecule has 3 aromatic rings. The molecule has 0 unspecified atom stereocenters. The first-order valence-electron chi connectivity index (χ1n) is 11.8. The number of nitrogens with one attached hydrogen (secondary N) is 1. The van der Waals surface area contributed by atoms with E-state index in [0.717, 1.165) is 59.2 Å². The van der Waals surface area contributed by atoms with E-state index in [1.807, 2.05) is 17.7 Å². The molecule has 36 heavy (non-hydrogen) atoms. The largest absolute Gasteiger partial charge is 0.462 e. The molecule has 0 atom stereocenters. The van der Waals surface area contributed by atoms with Gasteiger partial charge in [0.15, 0.2) is 11.8 Å². The van der Waals surface area contributed by atoms with Crippen LogP contribution in [-0.4, -0.2) is 52.1 Å². The van der Waals surface area contributed by atoms with E-state index in [1.54, 1.807) is 31.2 Å². The molecule has 0 spiro atoms. The zero-order chi connectivity index (χ0) is 25.7. The van der Waals surface area contributed by atoms with Gasteiger partial charge in [0.05, 0.1) is 17.7 Å². The highest BCUT2D eigenvalue weighted by atomic mass is 32.2. The van der Waals surface area contributed by atoms with Gasteiger partial charge in [-0.3, -0.25) is 9.36 Å². The van der Waals surface area contributed by atoms with Gasteiger partial charge >= 0.3 is 11.9 Å². The third-order valence-corrected chi connectivity index (χ3v) is 7.66. The Hall–Kier alpha value is -3.18. The molecule has 11 heteroatoms. The van der Waals surface area contributed by atoms with Crippen LogP contribution < -0.4 is 5.32 Å². The summed E-state index contributed by atoms with van der Waals surface area (Å²) in [7, 11) is 0. The molecule has 1 amide bonds. The van der Waals surface area contributed by atoms with Crippen molar-refractivity contribution in [2.24, 2.45) is 0 Å². The van der Waals surface area contributed by atoms with Crippen LogP contribution in [0, 0.1) is 6.92 Å². The number of ether oxygens (including phenoxy) is 2. The highest BCUT2D eigenvalue weighted by Crippen LogP contribution is 2.38. The number of carbonyl (C=O) groups is 3. The molecule has 1 N–H and O–H groups in total. The number of carbonyl (C=O) groups excluding carboxylic acids is 3. The van der Waals surface area contributed by atoms with Gasteiger partial charge in [-0.2, -0.15) is 0 Å². The fourth-order valence-corrected chi connectivity index (χ4v) is 5.98. The van der Waals surface area contributed by atoms with Crippen LogP contribution in [0.5, 0.6) is 0 Å². The summed E-state index contributed by atoms with van der Waals surface area (Å²) in [5.74, 6) is -0.821. The summed E-state index contributed by atoms with van der Waals surface area (Å²) in [6, 6.07) is 6.82. The number of hydrogen-bond donors (Lipinski definition) is 1. The van der Waals surface area contributed by atoms with Crippen LogP contribution in [0.15, 0.2) is 29.4 Å². The number of anilines is 1. The van der Waals surface area contributed by atoms with E-state index in [1.165, 1.54) is 23.1 Å². The van der Waals surface area contributed by atoms with Gasteiger partial charge in [-0.25, -0.2) is 9.59 Å². The maximum Gasteiger partial charge on any atom is 0.341 e. The van der Waals surface area contributed by atoms with Crippen molar-refractivity contribution in [3.63, 3.8) is 0 Å². The standard InChI is InChI=1S/C25H28N4O5S2/c1-4-33-24(32)21-18-8-6-5-7-9-19(18)36-22(21)26-20(30)14-34-23(31)16-10-12-17(13-11-16)29-15(2)27-28-25(29)35-3/h10-13H,4-9,14H2,1-3H3,(H,26,30). The number of nitrogens with zero attached hydrogens (tertiary/aromatic N) is 3. The normalized spacial score (nSPS) is 13.0. The predicted octanol–water partition coefficient (Wildman–Crippen LogP) is 4.60. The Kier molecular flexibility index (Phi) is 8.42. The Morgan fingerprint density at radius 2 is 1.81 bits per heavy atom. The Morgan fingerprint density at radius 3 is 2.53 bits per heavy atom. The van der Waals surface area contributed by atoms with Crippen LogP contribution >= 0.6 is 23.1 Å². The molecule has 0 saturated heterocycles. The first-order chi connectivity index (χ1) is 17.4. The maximum absolute atomic E-state index is 12.7. The molecule has 0 aliphatic heterocycles. The van der Waals surface area contributed by atoms with Crippen molar-refractivity contribution >= 4 is 45.9 Å². The Labute approximate surface area is 217 Å². The predicted molar refractivity (Wildman–Crippen MR) is 138 cm³/mol. The summed E-state index contributed by atoms with van der Waals surface area (Å²) in [6.07, 6.45) is 6.73. The molecular weight excluding hydrogens is 500 g/mol. The number of aryl methyl sites for hydroxylation is 2. The number of thiophene rings is 1. The Balaban J connectivity index is 1.41. The van der Waals surface area contributed by atoms with Crippen molar-refractivity contribution in [1.29, 1.82) is 0 Å². The zero-order valence-electron chi connectivity index (χ0n) is 20.5. The van der Waals surface area contributed by atoms with Gasteiger partial charge < -0.3 is 14.8 Å². The fraction of sp³-hybridized carbons (Fsp3) is 0.400. The lowest BCUT2D eigenvalue weighted by atomic mass is 10.1. The molecule has 0 fully saturated rings. The average molecular weight is 529 g/mol. The summed E-state index contributed by atoms with van der Waals surface area (Å²) >= 11 is 2.88. The minimum absolute atomic E-state index is 0.253. The van der Waals surface area contributed by atoms with Gasteiger partial charge in [0.1, 0.15) is 10.8 Å².